The van der Waals surface area contributed by atoms with Crippen molar-refractivity contribution in [1.82, 2.24) is 4.90 Å². The van der Waals surface area contributed by atoms with E-state index in [1.807, 2.05) is 12.2 Å². The lowest BCUT2D eigenvalue weighted by Gasteiger charge is -2.40. The van der Waals surface area contributed by atoms with Crippen LogP contribution in [-0.4, -0.2) is 39.4 Å². The lowest BCUT2D eigenvalue weighted by molar-refractivity contribution is 0.114. The lowest BCUT2D eigenvalue weighted by Crippen LogP contribution is -2.49. The van der Waals surface area contributed by atoms with E-state index in [9.17, 15) is 9.90 Å². The minimum absolute atomic E-state index is 0.0503. The predicted octanol–water partition coefficient (Wildman–Crippen LogP) is 2.34. The maximum Gasteiger partial charge on any atom is 0.408 e. The number of carboxylic acid groups (broad SMARTS) is 2. The molecule has 2 unspecified atom stereocenters. The van der Waals surface area contributed by atoms with Crippen molar-refractivity contribution in [2.45, 2.75) is 37.8 Å². The Balaban J connectivity index is 0.000000328. The Kier molecular flexibility index (Phi) is 4.12. The molecular weight excluding hydrogens is 260 g/mol. The summed E-state index contributed by atoms with van der Waals surface area (Å²) in [5.74, 6) is 0. The molecule has 6 nitrogen and oxygen atoms in total. The molecule has 2 atom stereocenters. The molecule has 0 aromatic heterocycles. The van der Waals surface area contributed by atoms with Crippen LogP contribution in [0.2, 0.25) is 0 Å². The molecule has 0 aromatic carbocycles. The second-order valence-electron chi connectivity index (χ2n) is 5.00. The molecular formula is C14H18N2O4. The maximum absolute atomic E-state index is 11.4. The van der Waals surface area contributed by atoms with E-state index in [2.05, 4.69) is 17.9 Å². The summed E-state index contributed by atoms with van der Waals surface area (Å²) in [5, 5.41) is 16.6. The molecule has 1 aliphatic heterocycles. The van der Waals surface area contributed by atoms with E-state index in [1.54, 1.807) is 4.90 Å². The van der Waals surface area contributed by atoms with Gasteiger partial charge in [0.05, 0.1) is 12.1 Å². The zero-order valence-electron chi connectivity index (χ0n) is 11.0. The molecule has 4 N–H and O–H groups in total. The van der Waals surface area contributed by atoms with Crippen LogP contribution < -0.4 is 5.73 Å². The fourth-order valence-corrected chi connectivity index (χ4v) is 3.09. The first-order valence-corrected chi connectivity index (χ1v) is 6.57. The average molecular weight is 278 g/mol. The zero-order valence-corrected chi connectivity index (χ0v) is 11.0. The standard InChI is InChI=1S/C13H15NO2.CH3NO2/c15-13(16)14-11-6-2-1-4-9(11)8-10-5-3-7-12(10)14;2-1(3)4/h1-2,4,8,11-12H,3,5-7H2,(H,15,16);2H2,(H,3,4). The molecule has 0 bridgehead atoms. The van der Waals surface area contributed by atoms with Crippen LogP contribution >= 0.6 is 0 Å². The first kappa shape index (κ1) is 14.2. The molecule has 0 spiro atoms. The van der Waals surface area contributed by atoms with Crippen molar-refractivity contribution in [2.24, 2.45) is 5.73 Å². The number of amides is 2. The Hall–Kier alpha value is -2.24. The summed E-state index contributed by atoms with van der Waals surface area (Å²) in [7, 11) is 0. The molecule has 1 fully saturated rings. The fourth-order valence-electron chi connectivity index (χ4n) is 3.09. The van der Waals surface area contributed by atoms with Crippen molar-refractivity contribution in [2.75, 3.05) is 0 Å². The number of fused-ring (bicyclic) bond motifs is 2. The number of nitrogens with two attached hydrogens (primary N) is 1. The van der Waals surface area contributed by atoms with Crippen LogP contribution in [-0.2, 0) is 0 Å². The quantitative estimate of drug-likeness (QED) is 0.632. The fraction of sp³-hybridized carbons (Fsp3) is 0.429. The van der Waals surface area contributed by atoms with E-state index in [0.29, 0.717) is 0 Å². The van der Waals surface area contributed by atoms with Crippen LogP contribution in [0.5, 0.6) is 0 Å². The monoisotopic (exact) mass is 278 g/mol. The van der Waals surface area contributed by atoms with Crippen LogP contribution in [0.25, 0.3) is 0 Å². The summed E-state index contributed by atoms with van der Waals surface area (Å²) in [6, 6.07) is 0.195. The van der Waals surface area contributed by atoms with Gasteiger partial charge in [-0.25, -0.2) is 9.59 Å². The Labute approximate surface area is 116 Å². The third kappa shape index (κ3) is 2.84. The highest BCUT2D eigenvalue weighted by atomic mass is 16.4. The molecule has 20 heavy (non-hydrogen) atoms. The number of carbonyl (C=O) groups is 2. The topological polar surface area (TPSA) is 104 Å². The van der Waals surface area contributed by atoms with Crippen molar-refractivity contribution >= 4 is 12.2 Å². The number of hydrogen-bond donors (Lipinski definition) is 3. The zero-order chi connectivity index (χ0) is 14.7. The van der Waals surface area contributed by atoms with Gasteiger partial charge in [0.15, 0.2) is 0 Å². The molecule has 1 saturated carbocycles. The Bertz CT molecular complexity index is 503. The van der Waals surface area contributed by atoms with Gasteiger partial charge in [-0.2, -0.15) is 0 Å². The van der Waals surface area contributed by atoms with E-state index >= 15 is 0 Å². The van der Waals surface area contributed by atoms with Gasteiger partial charge in [0.25, 0.3) is 0 Å². The molecule has 2 amide bonds. The van der Waals surface area contributed by atoms with Crippen LogP contribution in [0.3, 0.4) is 0 Å². The first-order valence-electron chi connectivity index (χ1n) is 6.57. The highest BCUT2D eigenvalue weighted by molar-refractivity contribution is 5.69. The maximum atomic E-state index is 11.4. The Morgan fingerprint density at radius 3 is 2.65 bits per heavy atom. The second-order valence-corrected chi connectivity index (χ2v) is 5.00. The number of nitrogens with zero attached hydrogens (tertiary/aromatic N) is 1. The minimum atomic E-state index is -1.33. The normalized spacial score (nSPS) is 26.5. The Morgan fingerprint density at radius 2 is 2.00 bits per heavy atom. The van der Waals surface area contributed by atoms with Crippen molar-refractivity contribution in [3.63, 3.8) is 0 Å². The van der Waals surface area contributed by atoms with Gasteiger partial charge in [0, 0.05) is 0 Å². The third-order valence-electron chi connectivity index (χ3n) is 3.78. The van der Waals surface area contributed by atoms with Gasteiger partial charge in [-0.15, -0.1) is 0 Å². The molecule has 0 aromatic rings. The summed E-state index contributed by atoms with van der Waals surface area (Å²) in [6.45, 7) is 0. The third-order valence-corrected chi connectivity index (χ3v) is 3.78. The molecule has 3 rings (SSSR count). The molecule has 2 aliphatic carbocycles. The van der Waals surface area contributed by atoms with Gasteiger partial charge in [-0.3, -0.25) is 4.90 Å². The smallest absolute Gasteiger partial charge is 0.408 e. The summed E-state index contributed by atoms with van der Waals surface area (Å²) >= 11 is 0. The van der Waals surface area contributed by atoms with Crippen molar-refractivity contribution in [3.8, 4) is 0 Å². The van der Waals surface area contributed by atoms with E-state index in [1.165, 1.54) is 5.57 Å². The molecule has 0 radical (unpaired) electrons. The van der Waals surface area contributed by atoms with Gasteiger partial charge in [0.1, 0.15) is 0 Å². The summed E-state index contributed by atoms with van der Waals surface area (Å²) in [6.07, 6.45) is 10.2. The van der Waals surface area contributed by atoms with E-state index in [-0.39, 0.29) is 12.1 Å². The highest BCUT2D eigenvalue weighted by Gasteiger charge is 2.39. The Morgan fingerprint density at radius 1 is 1.30 bits per heavy atom. The predicted molar refractivity (Wildman–Crippen MR) is 73.4 cm³/mol. The van der Waals surface area contributed by atoms with Crippen LogP contribution in [0.1, 0.15) is 25.7 Å². The van der Waals surface area contributed by atoms with Gasteiger partial charge in [0.2, 0.25) is 0 Å². The summed E-state index contributed by atoms with van der Waals surface area (Å²) in [5.41, 5.74) is 6.50. The summed E-state index contributed by atoms with van der Waals surface area (Å²) in [4.78, 5) is 21.8. The number of allylic oxidation sites excluding steroid dienone is 2. The first-order chi connectivity index (χ1) is 9.50. The van der Waals surface area contributed by atoms with Gasteiger partial charge in [-0.1, -0.05) is 24.3 Å². The average Bonchev–Trinajstić information content (AvgIpc) is 2.82. The number of hydrogen-bond acceptors (Lipinski definition) is 2. The van der Waals surface area contributed by atoms with Crippen LogP contribution in [0.4, 0.5) is 9.59 Å². The van der Waals surface area contributed by atoms with E-state index in [0.717, 1.165) is 31.3 Å². The summed E-state index contributed by atoms with van der Waals surface area (Å²) < 4.78 is 0. The number of primary amides is 1. The molecule has 108 valence electrons. The van der Waals surface area contributed by atoms with Gasteiger partial charge >= 0.3 is 12.2 Å². The SMILES string of the molecule is NC(=O)O.O=C(O)N1C2CC=CC=C2C=C2CCCC21. The van der Waals surface area contributed by atoms with Crippen LogP contribution in [0.15, 0.2) is 35.5 Å². The highest BCUT2D eigenvalue weighted by Crippen LogP contribution is 2.39. The van der Waals surface area contributed by atoms with Crippen LogP contribution in [0, 0.1) is 0 Å². The number of rotatable bonds is 0. The van der Waals surface area contributed by atoms with Crippen molar-refractivity contribution in [1.29, 1.82) is 0 Å². The van der Waals surface area contributed by atoms with Crippen molar-refractivity contribution in [3.05, 3.63) is 35.5 Å². The molecule has 1 heterocycles. The van der Waals surface area contributed by atoms with Gasteiger partial charge in [-0.05, 0) is 36.8 Å². The van der Waals surface area contributed by atoms with Crippen molar-refractivity contribution < 1.29 is 19.8 Å². The lowest BCUT2D eigenvalue weighted by atomic mass is 9.88. The molecule has 0 saturated heterocycles. The van der Waals surface area contributed by atoms with Gasteiger partial charge < -0.3 is 15.9 Å². The second kappa shape index (κ2) is 5.81. The molecule has 6 heteroatoms. The van der Waals surface area contributed by atoms with E-state index in [4.69, 9.17) is 9.90 Å². The van der Waals surface area contributed by atoms with E-state index < -0.39 is 12.2 Å². The minimum Gasteiger partial charge on any atom is -0.465 e. The largest absolute Gasteiger partial charge is 0.465 e. The molecule has 3 aliphatic rings.